The van der Waals surface area contributed by atoms with Crippen LogP contribution in [0.5, 0.6) is 6.01 Å². The number of benzene rings is 2. The molecular formula is C21H16Cl2F4N4O2. The first-order valence-corrected chi connectivity index (χ1v) is 10.1. The number of amides is 1. The molecule has 0 saturated carbocycles. The van der Waals surface area contributed by atoms with E-state index in [1.807, 2.05) is 0 Å². The molecule has 1 aromatic heterocycles. The standard InChI is InChI=1S/C21H16Cl2F4N4O2/c1-20(2,21(25,26)27)18(32)28-9-10-3-5-13(22)12(7-10)17-29-16(30-19(33)31-17)11-4-6-15(24)14(23)8-11/h3-8H,9H2,1-2H3,(H,28,32)(H,29,30,31,33). The Labute approximate surface area is 195 Å². The number of alkyl halides is 3. The van der Waals surface area contributed by atoms with E-state index in [9.17, 15) is 27.5 Å². The molecule has 0 aliphatic heterocycles. The Morgan fingerprint density at radius 1 is 1.00 bits per heavy atom. The Balaban J connectivity index is 1.91. The molecule has 1 heterocycles. The largest absolute Gasteiger partial charge is 0.479 e. The molecule has 33 heavy (non-hydrogen) atoms. The molecule has 0 unspecified atom stereocenters. The molecule has 0 aliphatic carbocycles. The average molecular weight is 503 g/mol. The Morgan fingerprint density at radius 3 is 2.30 bits per heavy atom. The van der Waals surface area contributed by atoms with Crippen LogP contribution in [-0.4, -0.2) is 32.1 Å². The minimum absolute atomic E-state index is 0.0129. The summed E-state index contributed by atoms with van der Waals surface area (Å²) >= 11 is 12.0. The fourth-order valence-electron chi connectivity index (χ4n) is 2.64. The molecular weight excluding hydrogens is 487 g/mol. The third-order valence-corrected chi connectivity index (χ3v) is 5.42. The van der Waals surface area contributed by atoms with Gasteiger partial charge in [0.25, 0.3) is 0 Å². The van der Waals surface area contributed by atoms with Crippen molar-refractivity contribution in [2.24, 2.45) is 5.41 Å². The van der Waals surface area contributed by atoms with E-state index in [4.69, 9.17) is 23.2 Å². The number of halogens is 6. The first-order valence-electron chi connectivity index (χ1n) is 9.34. The van der Waals surface area contributed by atoms with Crippen molar-refractivity contribution in [2.45, 2.75) is 26.6 Å². The minimum atomic E-state index is -4.72. The number of rotatable bonds is 5. The van der Waals surface area contributed by atoms with E-state index < -0.39 is 29.3 Å². The summed E-state index contributed by atoms with van der Waals surface area (Å²) in [6.07, 6.45) is -4.72. The highest BCUT2D eigenvalue weighted by molar-refractivity contribution is 6.33. The highest BCUT2D eigenvalue weighted by atomic mass is 35.5. The zero-order chi connectivity index (χ0) is 24.6. The van der Waals surface area contributed by atoms with E-state index in [0.717, 1.165) is 19.9 Å². The second kappa shape index (κ2) is 9.11. The fourth-order valence-corrected chi connectivity index (χ4v) is 3.02. The molecule has 0 bridgehead atoms. The van der Waals surface area contributed by atoms with Crippen molar-refractivity contribution in [3.05, 3.63) is 57.8 Å². The molecule has 2 N–H and O–H groups in total. The predicted octanol–water partition coefficient (Wildman–Crippen LogP) is 5.56. The fraction of sp³-hybridized carbons (Fsp3) is 0.238. The van der Waals surface area contributed by atoms with Gasteiger partial charge in [-0.25, -0.2) is 9.37 Å². The van der Waals surface area contributed by atoms with Gasteiger partial charge in [0.05, 0.1) is 10.0 Å². The van der Waals surface area contributed by atoms with E-state index in [-0.39, 0.29) is 33.8 Å². The third-order valence-electron chi connectivity index (χ3n) is 4.80. The summed E-state index contributed by atoms with van der Waals surface area (Å²) in [7, 11) is 0. The van der Waals surface area contributed by atoms with Gasteiger partial charge in [0.15, 0.2) is 11.6 Å². The number of carbonyl (C=O) groups is 1. The quantitative estimate of drug-likeness (QED) is 0.445. The topological polar surface area (TPSA) is 88.0 Å². The van der Waals surface area contributed by atoms with E-state index in [2.05, 4.69) is 20.3 Å². The van der Waals surface area contributed by atoms with Crippen LogP contribution in [-0.2, 0) is 11.3 Å². The lowest BCUT2D eigenvalue weighted by Crippen LogP contribution is -2.46. The number of nitrogens with one attached hydrogen (secondary N) is 1. The van der Waals surface area contributed by atoms with Crippen LogP contribution in [0.25, 0.3) is 22.8 Å². The van der Waals surface area contributed by atoms with Crippen LogP contribution < -0.4 is 5.32 Å². The summed E-state index contributed by atoms with van der Waals surface area (Å²) in [6, 6.07) is 7.51. The SMILES string of the molecule is CC(C)(C(=O)NCc1ccc(Cl)c(-c2nc(O)nc(-c3ccc(F)c(Cl)c3)n2)c1)C(F)(F)F. The number of hydrogen-bond donors (Lipinski definition) is 2. The van der Waals surface area contributed by atoms with Crippen molar-refractivity contribution in [3.8, 4) is 28.8 Å². The van der Waals surface area contributed by atoms with Crippen molar-refractivity contribution >= 4 is 29.1 Å². The van der Waals surface area contributed by atoms with Crippen molar-refractivity contribution in [2.75, 3.05) is 0 Å². The Bertz CT molecular complexity index is 1220. The molecule has 0 spiro atoms. The third kappa shape index (κ3) is 5.33. The molecule has 2 aromatic carbocycles. The Morgan fingerprint density at radius 2 is 1.67 bits per heavy atom. The zero-order valence-corrected chi connectivity index (χ0v) is 18.6. The van der Waals surface area contributed by atoms with Gasteiger partial charge < -0.3 is 10.4 Å². The van der Waals surface area contributed by atoms with Crippen LogP contribution in [0.4, 0.5) is 17.6 Å². The van der Waals surface area contributed by atoms with Crippen molar-refractivity contribution < 1.29 is 27.5 Å². The predicted molar refractivity (Wildman–Crippen MR) is 114 cm³/mol. The zero-order valence-electron chi connectivity index (χ0n) is 17.1. The minimum Gasteiger partial charge on any atom is -0.479 e. The molecule has 1 amide bonds. The van der Waals surface area contributed by atoms with Gasteiger partial charge in [-0.1, -0.05) is 29.3 Å². The monoisotopic (exact) mass is 502 g/mol. The lowest BCUT2D eigenvalue weighted by Gasteiger charge is -2.26. The highest BCUT2D eigenvalue weighted by Gasteiger charge is 2.52. The second-order valence-electron chi connectivity index (χ2n) is 7.53. The first-order chi connectivity index (χ1) is 15.3. The van der Waals surface area contributed by atoms with E-state index in [1.165, 1.54) is 30.3 Å². The number of aromatic hydroxyl groups is 1. The van der Waals surface area contributed by atoms with Crippen LogP contribution >= 0.6 is 23.2 Å². The number of carbonyl (C=O) groups excluding carboxylic acids is 1. The molecule has 0 atom stereocenters. The molecule has 0 fully saturated rings. The van der Waals surface area contributed by atoms with E-state index in [1.54, 1.807) is 0 Å². The van der Waals surface area contributed by atoms with Crippen LogP contribution in [0.15, 0.2) is 36.4 Å². The maximum atomic E-state index is 13.5. The average Bonchev–Trinajstić information content (AvgIpc) is 2.73. The van der Waals surface area contributed by atoms with Gasteiger partial charge in [-0.2, -0.15) is 23.1 Å². The van der Waals surface area contributed by atoms with E-state index >= 15 is 0 Å². The maximum absolute atomic E-state index is 13.5. The van der Waals surface area contributed by atoms with Crippen molar-refractivity contribution in [1.82, 2.24) is 20.3 Å². The highest BCUT2D eigenvalue weighted by Crippen LogP contribution is 2.37. The van der Waals surface area contributed by atoms with Gasteiger partial charge in [-0.3, -0.25) is 4.79 Å². The van der Waals surface area contributed by atoms with Gasteiger partial charge in [0, 0.05) is 17.7 Å². The number of hydrogen-bond acceptors (Lipinski definition) is 5. The molecule has 0 aliphatic rings. The summed E-state index contributed by atoms with van der Waals surface area (Å²) in [5.41, 5.74) is -1.64. The molecule has 0 radical (unpaired) electrons. The van der Waals surface area contributed by atoms with E-state index in [0.29, 0.717) is 11.1 Å². The van der Waals surface area contributed by atoms with Gasteiger partial charge in [0.2, 0.25) is 5.91 Å². The normalized spacial score (nSPS) is 12.0. The molecule has 0 saturated heterocycles. The first kappa shape index (κ1) is 24.7. The molecule has 3 rings (SSSR count). The Kier molecular flexibility index (Phi) is 6.80. The molecule has 6 nitrogen and oxygen atoms in total. The lowest BCUT2D eigenvalue weighted by atomic mass is 9.91. The van der Waals surface area contributed by atoms with Gasteiger partial charge in [-0.05, 0) is 49.7 Å². The molecule has 3 aromatic rings. The van der Waals surface area contributed by atoms with Crippen LogP contribution in [0.2, 0.25) is 10.0 Å². The van der Waals surface area contributed by atoms with Crippen molar-refractivity contribution in [1.29, 1.82) is 0 Å². The van der Waals surface area contributed by atoms with Crippen LogP contribution in [0.3, 0.4) is 0 Å². The maximum Gasteiger partial charge on any atom is 0.402 e. The number of nitrogens with zero attached hydrogens (tertiary/aromatic N) is 3. The van der Waals surface area contributed by atoms with Gasteiger partial charge >= 0.3 is 12.2 Å². The van der Waals surface area contributed by atoms with Crippen LogP contribution in [0.1, 0.15) is 19.4 Å². The lowest BCUT2D eigenvalue weighted by molar-refractivity contribution is -0.211. The van der Waals surface area contributed by atoms with Gasteiger partial charge in [0.1, 0.15) is 11.2 Å². The Hall–Kier alpha value is -2.98. The summed E-state index contributed by atoms with van der Waals surface area (Å²) in [6.45, 7) is 1.35. The summed E-state index contributed by atoms with van der Waals surface area (Å²) in [5, 5.41) is 12.2. The molecule has 12 heteroatoms. The summed E-state index contributed by atoms with van der Waals surface area (Å²) in [5.74, 6) is -1.90. The smallest absolute Gasteiger partial charge is 0.402 e. The van der Waals surface area contributed by atoms with Crippen LogP contribution in [0, 0.1) is 11.2 Å². The van der Waals surface area contributed by atoms with Gasteiger partial charge in [-0.15, -0.1) is 0 Å². The molecule has 174 valence electrons. The summed E-state index contributed by atoms with van der Waals surface area (Å²) < 4.78 is 52.6. The summed E-state index contributed by atoms with van der Waals surface area (Å²) in [4.78, 5) is 23.9. The second-order valence-corrected chi connectivity index (χ2v) is 8.35. The number of aromatic nitrogens is 3. The van der Waals surface area contributed by atoms with Crippen molar-refractivity contribution in [3.63, 3.8) is 0 Å².